The molecule has 23 heavy (non-hydrogen) atoms. The highest BCUT2D eigenvalue weighted by Crippen LogP contribution is 2.37. The third kappa shape index (κ3) is 2.23. The molecule has 1 aromatic heterocycles. The van der Waals surface area contributed by atoms with Gasteiger partial charge >= 0.3 is 6.18 Å². The predicted octanol–water partition coefficient (Wildman–Crippen LogP) is 5.06. The highest BCUT2D eigenvalue weighted by molar-refractivity contribution is 6.10. The first kappa shape index (κ1) is 14.1. The molecule has 2 aromatic carbocycles. The molecule has 3 aromatic rings. The summed E-state index contributed by atoms with van der Waals surface area (Å²) in [5, 5.41) is 0.827. The van der Waals surface area contributed by atoms with Gasteiger partial charge in [0.15, 0.2) is 5.71 Å². The Kier molecular flexibility index (Phi) is 2.88. The van der Waals surface area contributed by atoms with Crippen molar-refractivity contribution in [2.75, 3.05) is 0 Å². The fourth-order valence-electron chi connectivity index (χ4n) is 3.09. The number of alkyl halides is 3. The van der Waals surface area contributed by atoms with Gasteiger partial charge in [-0.3, -0.25) is 0 Å². The number of aromatic nitrogens is 1. The Labute approximate surface area is 130 Å². The maximum absolute atomic E-state index is 13.6. The molecule has 0 atom stereocenters. The van der Waals surface area contributed by atoms with Gasteiger partial charge in [0.25, 0.3) is 0 Å². The fraction of sp³-hybridized carbons (Fsp3) is 0.167. The number of aliphatic imine (C=N–C) groups is 1. The monoisotopic (exact) mass is 314 g/mol. The van der Waals surface area contributed by atoms with Crippen LogP contribution in [0.25, 0.3) is 10.9 Å². The average molecular weight is 314 g/mol. The number of halogens is 3. The summed E-state index contributed by atoms with van der Waals surface area (Å²) in [5.74, 6) is 0. The first-order chi connectivity index (χ1) is 10.9. The van der Waals surface area contributed by atoms with Crippen LogP contribution in [0, 0.1) is 6.92 Å². The molecule has 116 valence electrons. The van der Waals surface area contributed by atoms with Crippen molar-refractivity contribution in [3.8, 4) is 0 Å². The van der Waals surface area contributed by atoms with E-state index in [2.05, 4.69) is 9.98 Å². The number of benzene rings is 2. The largest absolute Gasteiger partial charge is 0.435 e. The summed E-state index contributed by atoms with van der Waals surface area (Å²) < 4.78 is 40.7. The van der Waals surface area contributed by atoms with Gasteiger partial charge < -0.3 is 4.98 Å². The van der Waals surface area contributed by atoms with E-state index in [-0.39, 0.29) is 5.69 Å². The van der Waals surface area contributed by atoms with Crippen molar-refractivity contribution >= 4 is 22.3 Å². The lowest BCUT2D eigenvalue weighted by Crippen LogP contribution is -2.24. The summed E-state index contributed by atoms with van der Waals surface area (Å²) >= 11 is 0. The van der Waals surface area contributed by atoms with E-state index in [4.69, 9.17) is 0 Å². The number of H-pyrrole nitrogens is 1. The van der Waals surface area contributed by atoms with Gasteiger partial charge in [0.05, 0.1) is 11.4 Å². The second-order valence-electron chi connectivity index (χ2n) is 5.79. The third-order valence-electron chi connectivity index (χ3n) is 4.16. The van der Waals surface area contributed by atoms with Crippen LogP contribution < -0.4 is 0 Å². The number of hydrogen-bond donors (Lipinski definition) is 1. The van der Waals surface area contributed by atoms with E-state index >= 15 is 0 Å². The molecule has 5 heteroatoms. The first-order valence-electron chi connectivity index (χ1n) is 7.29. The Morgan fingerprint density at radius 1 is 1.09 bits per heavy atom. The van der Waals surface area contributed by atoms with Crippen LogP contribution in [-0.2, 0) is 6.42 Å². The molecular formula is C18H13F3N2. The summed E-state index contributed by atoms with van der Waals surface area (Å²) in [6.45, 7) is 1.93. The first-order valence-corrected chi connectivity index (χ1v) is 7.29. The van der Waals surface area contributed by atoms with Gasteiger partial charge in [-0.15, -0.1) is 0 Å². The smallest absolute Gasteiger partial charge is 0.353 e. The third-order valence-corrected chi connectivity index (χ3v) is 4.16. The van der Waals surface area contributed by atoms with E-state index in [0.717, 1.165) is 16.5 Å². The topological polar surface area (TPSA) is 28.1 Å². The molecular weight excluding hydrogens is 301 g/mol. The lowest BCUT2D eigenvalue weighted by molar-refractivity contribution is -0.0581. The van der Waals surface area contributed by atoms with Crippen LogP contribution in [0.15, 0.2) is 47.5 Å². The van der Waals surface area contributed by atoms with E-state index in [1.165, 1.54) is 0 Å². The van der Waals surface area contributed by atoms with Crippen molar-refractivity contribution in [3.05, 3.63) is 64.8 Å². The van der Waals surface area contributed by atoms with Crippen molar-refractivity contribution in [2.45, 2.75) is 19.5 Å². The van der Waals surface area contributed by atoms with Gasteiger partial charge in [0.2, 0.25) is 0 Å². The van der Waals surface area contributed by atoms with Gasteiger partial charge in [-0.1, -0.05) is 29.8 Å². The Morgan fingerprint density at radius 3 is 2.65 bits per heavy atom. The molecule has 0 unspecified atom stereocenters. The highest BCUT2D eigenvalue weighted by Gasteiger charge is 2.40. The van der Waals surface area contributed by atoms with E-state index < -0.39 is 11.9 Å². The molecule has 0 aliphatic carbocycles. The van der Waals surface area contributed by atoms with Crippen LogP contribution >= 0.6 is 0 Å². The molecule has 0 bridgehead atoms. The molecule has 0 spiro atoms. The quantitative estimate of drug-likeness (QED) is 0.600. The van der Waals surface area contributed by atoms with Crippen LogP contribution in [0.2, 0.25) is 0 Å². The van der Waals surface area contributed by atoms with Gasteiger partial charge in [-0.2, -0.15) is 13.2 Å². The molecule has 2 nitrogen and oxygen atoms in total. The molecule has 0 saturated heterocycles. The molecule has 0 amide bonds. The zero-order valence-electron chi connectivity index (χ0n) is 12.3. The fourth-order valence-corrected chi connectivity index (χ4v) is 3.09. The Bertz CT molecular complexity index is 949. The zero-order chi connectivity index (χ0) is 16.2. The maximum Gasteiger partial charge on any atom is 0.435 e. The van der Waals surface area contributed by atoms with Gasteiger partial charge in [0.1, 0.15) is 0 Å². The zero-order valence-corrected chi connectivity index (χ0v) is 12.3. The second-order valence-corrected chi connectivity index (χ2v) is 5.79. The summed E-state index contributed by atoms with van der Waals surface area (Å²) in [6, 6.07) is 12.6. The molecule has 0 fully saturated rings. The van der Waals surface area contributed by atoms with Crippen LogP contribution in [0.5, 0.6) is 0 Å². The van der Waals surface area contributed by atoms with Crippen molar-refractivity contribution in [2.24, 2.45) is 4.99 Å². The molecule has 2 heterocycles. The second kappa shape index (κ2) is 4.72. The number of nitrogens with zero attached hydrogens (tertiary/aromatic N) is 1. The van der Waals surface area contributed by atoms with E-state index in [9.17, 15) is 13.2 Å². The van der Waals surface area contributed by atoms with Gasteiger partial charge in [-0.05, 0) is 36.2 Å². The molecule has 4 rings (SSSR count). The molecule has 1 aliphatic rings. The number of rotatable bonds is 0. The minimum Gasteiger partial charge on any atom is -0.353 e. The summed E-state index contributed by atoms with van der Waals surface area (Å²) in [5.41, 5.74) is 2.78. The Balaban J connectivity index is 2.08. The van der Waals surface area contributed by atoms with Crippen molar-refractivity contribution in [1.82, 2.24) is 4.98 Å². The summed E-state index contributed by atoms with van der Waals surface area (Å²) in [6.07, 6.45) is -4.08. The van der Waals surface area contributed by atoms with Crippen molar-refractivity contribution < 1.29 is 13.2 Å². The van der Waals surface area contributed by atoms with E-state index in [1.807, 2.05) is 37.3 Å². The number of fused-ring (bicyclic) bond motifs is 4. The number of aryl methyl sites for hydroxylation is 1. The van der Waals surface area contributed by atoms with E-state index in [1.54, 1.807) is 12.1 Å². The van der Waals surface area contributed by atoms with Crippen molar-refractivity contribution in [1.29, 1.82) is 0 Å². The Hall–Kier alpha value is -2.56. The minimum atomic E-state index is -4.51. The molecule has 1 N–H and O–H groups in total. The highest BCUT2D eigenvalue weighted by atomic mass is 19.4. The standard InChI is InChI=1S/C18H13F3N2/c1-10-6-7-15-12(8-10)13-9-11-4-2-3-5-14(11)23-17(16(13)22-15)18(19,20)21/h2-8,22H,9H2,1H3. The lowest BCUT2D eigenvalue weighted by Gasteiger charge is -2.09. The number of para-hydroxylation sites is 1. The summed E-state index contributed by atoms with van der Waals surface area (Å²) in [4.78, 5) is 6.85. The Morgan fingerprint density at radius 2 is 1.87 bits per heavy atom. The maximum atomic E-state index is 13.6. The van der Waals surface area contributed by atoms with Gasteiger partial charge in [-0.25, -0.2) is 4.99 Å². The lowest BCUT2D eigenvalue weighted by atomic mass is 9.99. The number of aromatic amines is 1. The number of nitrogens with one attached hydrogen (secondary N) is 1. The molecule has 0 radical (unpaired) electrons. The van der Waals surface area contributed by atoms with Crippen LogP contribution in [-0.4, -0.2) is 16.9 Å². The van der Waals surface area contributed by atoms with Crippen LogP contribution in [0.3, 0.4) is 0 Å². The molecule has 0 saturated carbocycles. The normalized spacial score (nSPS) is 14.2. The minimum absolute atomic E-state index is 0.0781. The van der Waals surface area contributed by atoms with Gasteiger partial charge in [0, 0.05) is 17.3 Å². The average Bonchev–Trinajstić information content (AvgIpc) is 2.73. The van der Waals surface area contributed by atoms with Crippen LogP contribution in [0.1, 0.15) is 22.4 Å². The SMILES string of the molecule is Cc1ccc2[nH]c3c(c2c1)Cc1ccccc1N=C3C(F)(F)F. The summed E-state index contributed by atoms with van der Waals surface area (Å²) in [7, 11) is 0. The van der Waals surface area contributed by atoms with Crippen molar-refractivity contribution in [3.63, 3.8) is 0 Å². The van der Waals surface area contributed by atoms with Crippen LogP contribution in [0.4, 0.5) is 18.9 Å². The molecule has 1 aliphatic heterocycles. The number of hydrogen-bond acceptors (Lipinski definition) is 1. The van der Waals surface area contributed by atoms with E-state index in [0.29, 0.717) is 23.2 Å². The predicted molar refractivity (Wildman–Crippen MR) is 84.5 cm³/mol.